The molecule has 2 heterocycles. The summed E-state index contributed by atoms with van der Waals surface area (Å²) >= 11 is 1.18. The summed E-state index contributed by atoms with van der Waals surface area (Å²) in [5.41, 5.74) is 6.21. The minimum absolute atomic E-state index is 0.123. The second kappa shape index (κ2) is 9.87. The number of amides is 1. The molecule has 160 valence electrons. The van der Waals surface area contributed by atoms with Crippen molar-refractivity contribution >= 4 is 17.7 Å². The van der Waals surface area contributed by atoms with Gasteiger partial charge in [-0.25, -0.2) is 4.98 Å². The van der Waals surface area contributed by atoms with E-state index in [9.17, 15) is 25.4 Å². The van der Waals surface area contributed by atoms with E-state index < -0.39 is 47.6 Å². The van der Waals surface area contributed by atoms with Crippen molar-refractivity contribution < 1.29 is 24.9 Å². The van der Waals surface area contributed by atoms with Gasteiger partial charge in [0.15, 0.2) is 0 Å². The molecule has 2 rings (SSSR count). The summed E-state index contributed by atoms with van der Waals surface area (Å²) in [7, 11) is 0. The molecule has 1 aliphatic rings. The number of nitriles is 1. The molecule has 1 amide bonds. The highest BCUT2D eigenvalue weighted by molar-refractivity contribution is 7.99. The second-order valence-corrected chi connectivity index (χ2v) is 8.77. The minimum atomic E-state index is -1.47. The Balaban J connectivity index is 2.67. The van der Waals surface area contributed by atoms with E-state index in [1.165, 1.54) is 18.0 Å². The Bertz CT molecular complexity index is 767. The van der Waals surface area contributed by atoms with Crippen LogP contribution >= 0.6 is 11.8 Å². The van der Waals surface area contributed by atoms with Crippen LogP contribution in [0, 0.1) is 23.2 Å². The number of primary amides is 1. The molecule has 29 heavy (non-hydrogen) atoms. The van der Waals surface area contributed by atoms with Crippen LogP contribution in [0.2, 0.25) is 0 Å². The molecule has 7 unspecified atom stereocenters. The third-order valence-corrected chi connectivity index (χ3v) is 6.18. The highest BCUT2D eigenvalue weighted by Crippen LogP contribution is 2.41. The van der Waals surface area contributed by atoms with Gasteiger partial charge in [0.1, 0.15) is 35.5 Å². The number of carbonyl (C=O) groups is 1. The monoisotopic (exact) mass is 423 g/mol. The Morgan fingerprint density at radius 3 is 2.48 bits per heavy atom. The van der Waals surface area contributed by atoms with Crippen LogP contribution in [0.5, 0.6) is 0 Å². The largest absolute Gasteiger partial charge is 0.388 e. The van der Waals surface area contributed by atoms with Crippen LogP contribution in [0.25, 0.3) is 0 Å². The first-order chi connectivity index (χ1) is 13.6. The summed E-state index contributed by atoms with van der Waals surface area (Å²) in [6, 6.07) is 3.85. The molecule has 1 aromatic heterocycles. The van der Waals surface area contributed by atoms with Gasteiger partial charge >= 0.3 is 0 Å². The molecule has 1 fully saturated rings. The van der Waals surface area contributed by atoms with Gasteiger partial charge in [0.25, 0.3) is 0 Å². The quantitative estimate of drug-likeness (QED) is 0.496. The van der Waals surface area contributed by atoms with Gasteiger partial charge in [0, 0.05) is 18.0 Å². The Kier molecular flexibility index (Phi) is 8.02. The highest BCUT2D eigenvalue weighted by Gasteiger charge is 2.49. The number of hydrogen-bond donors (Lipinski definition) is 4. The van der Waals surface area contributed by atoms with Crippen LogP contribution < -0.4 is 5.73 Å². The van der Waals surface area contributed by atoms with Crippen molar-refractivity contribution in [2.45, 2.75) is 63.0 Å². The lowest BCUT2D eigenvalue weighted by Crippen LogP contribution is -2.59. The Labute approximate surface area is 175 Å². The predicted molar refractivity (Wildman–Crippen MR) is 109 cm³/mol. The van der Waals surface area contributed by atoms with E-state index in [2.05, 4.69) is 11.1 Å². The van der Waals surface area contributed by atoms with Crippen LogP contribution in [0.3, 0.4) is 0 Å². The van der Waals surface area contributed by atoms with Gasteiger partial charge in [-0.05, 0) is 35.8 Å². The number of rotatable bonds is 7. The molecule has 0 bridgehead atoms. The molecule has 0 saturated carbocycles. The molecular weight excluding hydrogens is 394 g/mol. The number of aliphatic hydroxyl groups excluding tert-OH is 3. The van der Waals surface area contributed by atoms with Crippen LogP contribution in [-0.4, -0.2) is 62.3 Å². The van der Waals surface area contributed by atoms with Crippen molar-refractivity contribution in [3.63, 3.8) is 0 Å². The summed E-state index contributed by atoms with van der Waals surface area (Å²) in [6.07, 6.45) is -1.43. The van der Waals surface area contributed by atoms with Crippen LogP contribution in [0.4, 0.5) is 0 Å². The first-order valence-electron chi connectivity index (χ1n) is 9.53. The van der Waals surface area contributed by atoms with Gasteiger partial charge in [-0.3, -0.25) is 4.79 Å². The van der Waals surface area contributed by atoms with E-state index in [0.717, 1.165) is 5.56 Å². The molecule has 1 saturated heterocycles. The van der Waals surface area contributed by atoms with Crippen molar-refractivity contribution in [1.82, 2.24) is 4.98 Å². The van der Waals surface area contributed by atoms with Gasteiger partial charge in [0.05, 0.1) is 6.10 Å². The third kappa shape index (κ3) is 4.90. The van der Waals surface area contributed by atoms with E-state index in [1.807, 2.05) is 13.8 Å². The fourth-order valence-corrected chi connectivity index (χ4v) is 4.51. The maximum absolute atomic E-state index is 12.2. The Morgan fingerprint density at radius 1 is 1.31 bits per heavy atom. The molecule has 0 aromatic carbocycles. The lowest BCUT2D eigenvalue weighted by atomic mass is 9.75. The first kappa shape index (κ1) is 23.6. The number of aliphatic hydroxyl groups is 3. The van der Waals surface area contributed by atoms with Gasteiger partial charge in [-0.15, -0.1) is 11.8 Å². The van der Waals surface area contributed by atoms with Crippen LogP contribution in [0.15, 0.2) is 12.3 Å². The number of thioether (sulfide) groups is 1. The first-order valence-corrected chi connectivity index (χ1v) is 10.8. The Hall–Kier alpha value is -1.70. The van der Waals surface area contributed by atoms with Crippen molar-refractivity contribution in [2.75, 3.05) is 6.26 Å². The molecule has 0 aliphatic carbocycles. The van der Waals surface area contributed by atoms with Crippen molar-refractivity contribution in [1.29, 1.82) is 5.26 Å². The average molecular weight is 424 g/mol. The standard InChI is InChI=1S/C20H29N3O5S/c1-9(2)7-11-5-6-23-12(8-21)14(11)13(10(3)19(22)27)18-16(25)15(24)17(26)20(28-18)29-4/h5-6,9-10,13,15-18,20,24-26H,7H2,1-4H3,(H2,22,27). The van der Waals surface area contributed by atoms with Crippen LogP contribution in [-0.2, 0) is 16.0 Å². The summed E-state index contributed by atoms with van der Waals surface area (Å²) < 4.78 is 5.94. The topological polar surface area (TPSA) is 150 Å². The second-order valence-electron chi connectivity index (χ2n) is 7.84. The minimum Gasteiger partial charge on any atom is -0.388 e. The fraction of sp³-hybridized carbons (Fsp3) is 0.650. The number of hydrogen-bond acceptors (Lipinski definition) is 8. The zero-order valence-corrected chi connectivity index (χ0v) is 17.8. The number of pyridine rings is 1. The summed E-state index contributed by atoms with van der Waals surface area (Å²) in [5.74, 6) is -2.01. The zero-order valence-electron chi connectivity index (χ0n) is 17.0. The lowest BCUT2D eigenvalue weighted by Gasteiger charge is -2.44. The molecule has 5 N–H and O–H groups in total. The summed E-state index contributed by atoms with van der Waals surface area (Å²) in [6.45, 7) is 5.65. The van der Waals surface area contributed by atoms with Gasteiger partial charge in [-0.2, -0.15) is 5.26 Å². The average Bonchev–Trinajstić information content (AvgIpc) is 2.68. The summed E-state index contributed by atoms with van der Waals surface area (Å²) in [5, 5.41) is 41.0. The van der Waals surface area contributed by atoms with E-state index in [0.29, 0.717) is 12.0 Å². The predicted octanol–water partition coefficient (Wildman–Crippen LogP) is 0.527. The Morgan fingerprint density at radius 2 is 1.97 bits per heavy atom. The number of carbonyl (C=O) groups excluding carboxylic acids is 1. The number of ether oxygens (including phenoxy) is 1. The molecule has 8 nitrogen and oxygen atoms in total. The number of nitrogens with zero attached hydrogens (tertiary/aromatic N) is 2. The van der Waals surface area contributed by atoms with Crippen molar-refractivity contribution in [3.8, 4) is 6.07 Å². The maximum atomic E-state index is 12.2. The molecule has 7 atom stereocenters. The molecule has 0 radical (unpaired) electrons. The molecular formula is C20H29N3O5S. The summed E-state index contributed by atoms with van der Waals surface area (Å²) in [4.78, 5) is 16.3. The zero-order chi connectivity index (χ0) is 21.9. The van der Waals surface area contributed by atoms with E-state index in [-0.39, 0.29) is 11.6 Å². The van der Waals surface area contributed by atoms with E-state index >= 15 is 0 Å². The smallest absolute Gasteiger partial charge is 0.220 e. The molecule has 1 aliphatic heterocycles. The van der Waals surface area contributed by atoms with Gasteiger partial charge in [-0.1, -0.05) is 20.8 Å². The molecule has 0 spiro atoms. The number of nitrogens with two attached hydrogens (primary N) is 1. The maximum Gasteiger partial charge on any atom is 0.220 e. The van der Waals surface area contributed by atoms with Crippen molar-refractivity contribution in [2.24, 2.45) is 17.6 Å². The highest BCUT2D eigenvalue weighted by atomic mass is 32.2. The van der Waals surface area contributed by atoms with Crippen molar-refractivity contribution in [3.05, 3.63) is 29.1 Å². The SMILES string of the molecule is CSC1OC(C(c2c(CC(C)C)ccnc2C#N)C(C)C(N)=O)C(O)C(O)C1O. The third-order valence-electron chi connectivity index (χ3n) is 5.33. The molecule has 1 aromatic rings. The normalized spacial score (nSPS) is 29.3. The van der Waals surface area contributed by atoms with Gasteiger partial charge < -0.3 is 25.8 Å². The van der Waals surface area contributed by atoms with Gasteiger partial charge in [0.2, 0.25) is 5.91 Å². The van der Waals surface area contributed by atoms with Crippen LogP contribution in [0.1, 0.15) is 43.5 Å². The van der Waals surface area contributed by atoms with E-state index in [4.69, 9.17) is 10.5 Å². The fourth-order valence-electron chi connectivity index (χ4n) is 3.83. The number of aromatic nitrogens is 1. The lowest BCUT2D eigenvalue weighted by molar-refractivity contribution is -0.206. The van der Waals surface area contributed by atoms with E-state index in [1.54, 1.807) is 19.2 Å². The molecule has 9 heteroatoms.